The summed E-state index contributed by atoms with van der Waals surface area (Å²) < 4.78 is 5.45. The Morgan fingerprint density at radius 2 is 1.76 bits per heavy atom. The van der Waals surface area contributed by atoms with Crippen LogP contribution in [-0.2, 0) is 0 Å². The van der Waals surface area contributed by atoms with Gasteiger partial charge in [-0.05, 0) is 55.3 Å². The normalized spacial score (nSPS) is 12.0. The van der Waals surface area contributed by atoms with Crippen LogP contribution in [-0.4, -0.2) is 6.61 Å². The molecule has 112 valence electrons. The fourth-order valence-corrected chi connectivity index (χ4v) is 2.74. The van der Waals surface area contributed by atoms with Crippen molar-refractivity contribution in [1.82, 2.24) is 0 Å². The van der Waals surface area contributed by atoms with Gasteiger partial charge in [0.15, 0.2) is 0 Å². The number of rotatable bonds is 6. The number of anilines is 1. The first kappa shape index (κ1) is 16.0. The van der Waals surface area contributed by atoms with Crippen molar-refractivity contribution in [3.05, 3.63) is 58.1 Å². The lowest BCUT2D eigenvalue weighted by Gasteiger charge is -2.20. The van der Waals surface area contributed by atoms with Crippen LogP contribution in [0.25, 0.3) is 0 Å². The predicted molar refractivity (Wildman–Crippen MR) is 90.7 cm³/mol. The van der Waals surface area contributed by atoms with Crippen molar-refractivity contribution in [2.24, 2.45) is 0 Å². The summed E-state index contributed by atoms with van der Waals surface area (Å²) in [6.07, 6.45) is 0.925. The first-order valence-corrected chi connectivity index (χ1v) is 7.84. The molecule has 0 saturated heterocycles. The van der Waals surface area contributed by atoms with Crippen LogP contribution in [0.1, 0.15) is 31.9 Å². The molecule has 0 aliphatic rings. The van der Waals surface area contributed by atoms with Gasteiger partial charge in [0.05, 0.1) is 12.6 Å². The van der Waals surface area contributed by atoms with E-state index in [1.54, 1.807) is 6.07 Å². The molecule has 1 atom stereocenters. The molecule has 21 heavy (non-hydrogen) atoms. The van der Waals surface area contributed by atoms with E-state index >= 15 is 0 Å². The Bertz CT molecular complexity index is 584. The highest BCUT2D eigenvalue weighted by Crippen LogP contribution is 2.31. The summed E-state index contributed by atoms with van der Waals surface area (Å²) in [5.41, 5.74) is 2.09. The van der Waals surface area contributed by atoms with Crippen molar-refractivity contribution >= 4 is 28.9 Å². The second-order valence-corrected chi connectivity index (χ2v) is 5.57. The summed E-state index contributed by atoms with van der Waals surface area (Å²) in [6.45, 7) is 4.77. The third kappa shape index (κ3) is 4.29. The molecule has 0 aromatic heterocycles. The SMILES string of the molecule is CCOc1ccc(NC(CC)c2ccc(Cl)cc2Cl)cc1. The van der Waals surface area contributed by atoms with E-state index in [1.165, 1.54) is 0 Å². The van der Waals surface area contributed by atoms with Gasteiger partial charge in [0.1, 0.15) is 5.75 Å². The Balaban J connectivity index is 2.14. The van der Waals surface area contributed by atoms with E-state index in [1.807, 2.05) is 43.3 Å². The third-order valence-electron chi connectivity index (χ3n) is 3.25. The Labute approximate surface area is 136 Å². The van der Waals surface area contributed by atoms with Gasteiger partial charge in [-0.2, -0.15) is 0 Å². The molecule has 0 aliphatic carbocycles. The van der Waals surface area contributed by atoms with Crippen LogP contribution < -0.4 is 10.1 Å². The van der Waals surface area contributed by atoms with Crippen molar-refractivity contribution in [1.29, 1.82) is 0 Å². The van der Waals surface area contributed by atoms with E-state index < -0.39 is 0 Å². The minimum atomic E-state index is 0.146. The van der Waals surface area contributed by atoms with Gasteiger partial charge in [0, 0.05) is 15.7 Å². The van der Waals surface area contributed by atoms with Crippen LogP contribution in [0.5, 0.6) is 5.75 Å². The van der Waals surface area contributed by atoms with Gasteiger partial charge >= 0.3 is 0 Å². The van der Waals surface area contributed by atoms with Gasteiger partial charge in [0.2, 0.25) is 0 Å². The van der Waals surface area contributed by atoms with Crippen molar-refractivity contribution in [3.8, 4) is 5.75 Å². The molecule has 0 amide bonds. The Morgan fingerprint density at radius 3 is 2.33 bits per heavy atom. The molecule has 2 aromatic carbocycles. The molecule has 0 radical (unpaired) electrons. The maximum Gasteiger partial charge on any atom is 0.119 e. The predicted octanol–water partition coefficient (Wildman–Crippen LogP) is 5.96. The molecule has 2 aromatic rings. The van der Waals surface area contributed by atoms with E-state index in [0.717, 1.165) is 23.4 Å². The van der Waals surface area contributed by atoms with Gasteiger partial charge in [-0.15, -0.1) is 0 Å². The Morgan fingerprint density at radius 1 is 1.05 bits per heavy atom. The summed E-state index contributed by atoms with van der Waals surface area (Å²) in [5, 5.41) is 4.83. The van der Waals surface area contributed by atoms with Crippen LogP contribution in [0, 0.1) is 0 Å². The van der Waals surface area contributed by atoms with Crippen LogP contribution in [0.4, 0.5) is 5.69 Å². The molecule has 1 unspecified atom stereocenters. The molecule has 1 N–H and O–H groups in total. The Kier molecular flexibility index (Phi) is 5.77. The molecular weight excluding hydrogens is 305 g/mol. The van der Waals surface area contributed by atoms with Crippen LogP contribution in [0.15, 0.2) is 42.5 Å². The summed E-state index contributed by atoms with van der Waals surface area (Å²) in [5.74, 6) is 0.876. The highest BCUT2D eigenvalue weighted by molar-refractivity contribution is 6.35. The summed E-state index contributed by atoms with van der Waals surface area (Å²) >= 11 is 12.2. The average Bonchev–Trinajstić information content (AvgIpc) is 2.47. The van der Waals surface area contributed by atoms with E-state index in [2.05, 4.69) is 12.2 Å². The lowest BCUT2D eigenvalue weighted by Crippen LogP contribution is -2.10. The molecular formula is C17H19Cl2NO. The minimum absolute atomic E-state index is 0.146. The smallest absolute Gasteiger partial charge is 0.119 e. The monoisotopic (exact) mass is 323 g/mol. The fraction of sp³-hybridized carbons (Fsp3) is 0.294. The maximum atomic E-state index is 6.29. The molecule has 0 fully saturated rings. The number of nitrogens with one attached hydrogen (secondary N) is 1. The quantitative estimate of drug-likeness (QED) is 0.708. The van der Waals surface area contributed by atoms with E-state index in [9.17, 15) is 0 Å². The van der Waals surface area contributed by atoms with Crippen molar-refractivity contribution in [3.63, 3.8) is 0 Å². The van der Waals surface area contributed by atoms with Crippen LogP contribution >= 0.6 is 23.2 Å². The lowest BCUT2D eigenvalue weighted by molar-refractivity contribution is 0.340. The van der Waals surface area contributed by atoms with Crippen LogP contribution in [0.3, 0.4) is 0 Å². The minimum Gasteiger partial charge on any atom is -0.494 e. The highest BCUT2D eigenvalue weighted by Gasteiger charge is 2.13. The molecule has 0 bridgehead atoms. The van der Waals surface area contributed by atoms with Crippen LogP contribution in [0.2, 0.25) is 10.0 Å². The maximum absolute atomic E-state index is 6.29. The number of halogens is 2. The molecule has 2 nitrogen and oxygen atoms in total. The van der Waals surface area contributed by atoms with Gasteiger partial charge in [-0.1, -0.05) is 36.2 Å². The second kappa shape index (κ2) is 7.58. The summed E-state index contributed by atoms with van der Waals surface area (Å²) in [4.78, 5) is 0. The standard InChI is InChI=1S/C17H19Cl2NO/c1-3-17(15-10-5-12(18)11-16(15)19)20-13-6-8-14(9-7-13)21-4-2/h5-11,17,20H,3-4H2,1-2H3. The average molecular weight is 324 g/mol. The molecule has 0 saturated carbocycles. The zero-order chi connectivity index (χ0) is 15.2. The molecule has 0 heterocycles. The van der Waals surface area contributed by atoms with Gasteiger partial charge in [-0.25, -0.2) is 0 Å². The van der Waals surface area contributed by atoms with Gasteiger partial charge < -0.3 is 10.1 Å². The number of hydrogen-bond donors (Lipinski definition) is 1. The van der Waals surface area contributed by atoms with E-state index in [0.29, 0.717) is 16.7 Å². The summed E-state index contributed by atoms with van der Waals surface area (Å²) in [6, 6.07) is 13.7. The molecule has 2 rings (SSSR count). The second-order valence-electron chi connectivity index (χ2n) is 4.73. The third-order valence-corrected chi connectivity index (χ3v) is 3.81. The first-order valence-electron chi connectivity index (χ1n) is 7.08. The fourth-order valence-electron chi connectivity index (χ4n) is 2.20. The molecule has 0 aliphatic heterocycles. The summed E-state index contributed by atoms with van der Waals surface area (Å²) in [7, 11) is 0. The number of hydrogen-bond acceptors (Lipinski definition) is 2. The zero-order valence-corrected chi connectivity index (χ0v) is 13.7. The van der Waals surface area contributed by atoms with Crippen molar-refractivity contribution in [2.45, 2.75) is 26.3 Å². The van der Waals surface area contributed by atoms with E-state index in [4.69, 9.17) is 27.9 Å². The Hall–Kier alpha value is -1.38. The molecule has 4 heteroatoms. The van der Waals surface area contributed by atoms with Crippen molar-refractivity contribution < 1.29 is 4.74 Å². The number of ether oxygens (including phenoxy) is 1. The lowest BCUT2D eigenvalue weighted by atomic mass is 10.0. The highest BCUT2D eigenvalue weighted by atomic mass is 35.5. The van der Waals surface area contributed by atoms with Gasteiger partial charge in [-0.3, -0.25) is 0 Å². The zero-order valence-electron chi connectivity index (χ0n) is 12.2. The first-order chi connectivity index (χ1) is 10.1. The van der Waals surface area contributed by atoms with E-state index in [-0.39, 0.29) is 6.04 Å². The van der Waals surface area contributed by atoms with Crippen molar-refractivity contribution in [2.75, 3.05) is 11.9 Å². The molecule has 0 spiro atoms. The topological polar surface area (TPSA) is 21.3 Å². The van der Waals surface area contributed by atoms with Gasteiger partial charge in [0.25, 0.3) is 0 Å². The largest absolute Gasteiger partial charge is 0.494 e. The number of benzene rings is 2.